The fourth-order valence-electron chi connectivity index (χ4n) is 1.81. The maximum Gasteiger partial charge on any atom is 0.225 e. The van der Waals surface area contributed by atoms with E-state index in [2.05, 4.69) is 16.0 Å². The summed E-state index contributed by atoms with van der Waals surface area (Å²) >= 11 is 0. The number of hydrogen-bond donors (Lipinski definition) is 0. The van der Waals surface area contributed by atoms with Crippen LogP contribution >= 0.6 is 0 Å². The quantitative estimate of drug-likeness (QED) is 0.791. The molecule has 0 bridgehead atoms. The molecule has 19 heavy (non-hydrogen) atoms. The molecular weight excluding hydrogens is 240 g/mol. The van der Waals surface area contributed by atoms with Crippen molar-refractivity contribution in [3.05, 3.63) is 30.5 Å². The molecule has 1 heterocycles. The number of nitriles is 1. The Morgan fingerprint density at radius 1 is 1.32 bits per heavy atom. The number of para-hydroxylation sites is 1. The summed E-state index contributed by atoms with van der Waals surface area (Å²) in [6.45, 7) is 1.87. The average molecular weight is 256 g/mol. The van der Waals surface area contributed by atoms with Crippen LogP contribution in [0, 0.1) is 11.3 Å². The molecule has 0 aliphatic rings. The average Bonchev–Trinajstić information content (AvgIpc) is 2.47. The van der Waals surface area contributed by atoms with Crippen molar-refractivity contribution in [2.24, 2.45) is 0 Å². The molecule has 0 N–H and O–H groups in total. The highest BCUT2D eigenvalue weighted by Crippen LogP contribution is 2.14. The van der Waals surface area contributed by atoms with Gasteiger partial charge < -0.3 is 9.64 Å². The predicted molar refractivity (Wildman–Crippen MR) is 73.9 cm³/mol. The van der Waals surface area contributed by atoms with Crippen molar-refractivity contribution in [3.8, 4) is 6.07 Å². The third kappa shape index (κ3) is 3.39. The van der Waals surface area contributed by atoms with Gasteiger partial charge in [0.1, 0.15) is 0 Å². The minimum atomic E-state index is 0.444. The Hall–Kier alpha value is -2.19. The van der Waals surface area contributed by atoms with Gasteiger partial charge in [0, 0.05) is 31.8 Å². The number of anilines is 1. The summed E-state index contributed by atoms with van der Waals surface area (Å²) in [5.41, 5.74) is 0.909. The minimum absolute atomic E-state index is 0.444. The summed E-state index contributed by atoms with van der Waals surface area (Å²) < 4.78 is 5.08. The van der Waals surface area contributed by atoms with Gasteiger partial charge in [-0.15, -0.1) is 0 Å². The normalized spacial score (nSPS) is 10.3. The Bertz CT molecular complexity index is 579. The number of benzene rings is 1. The number of ether oxygens (including phenoxy) is 1. The highest BCUT2D eigenvalue weighted by atomic mass is 16.5. The fourth-order valence-corrected chi connectivity index (χ4v) is 1.81. The zero-order valence-electron chi connectivity index (χ0n) is 10.9. The number of methoxy groups -OCH3 is 1. The van der Waals surface area contributed by atoms with E-state index in [-0.39, 0.29) is 0 Å². The first kappa shape index (κ1) is 13.2. The second kappa shape index (κ2) is 6.66. The van der Waals surface area contributed by atoms with E-state index in [0.29, 0.717) is 32.1 Å². The van der Waals surface area contributed by atoms with Gasteiger partial charge in [0.2, 0.25) is 5.95 Å². The molecule has 2 aromatic rings. The van der Waals surface area contributed by atoms with Crippen LogP contribution in [0.1, 0.15) is 6.42 Å². The molecule has 0 fully saturated rings. The van der Waals surface area contributed by atoms with Crippen LogP contribution in [-0.2, 0) is 4.74 Å². The lowest BCUT2D eigenvalue weighted by Gasteiger charge is -2.21. The number of rotatable bonds is 6. The SMILES string of the molecule is COCCN(CCC#N)c1ncc2ccccc2n1. The Morgan fingerprint density at radius 2 is 2.16 bits per heavy atom. The van der Waals surface area contributed by atoms with Gasteiger partial charge in [-0.2, -0.15) is 5.26 Å². The number of aromatic nitrogens is 2. The lowest BCUT2D eigenvalue weighted by molar-refractivity contribution is 0.205. The van der Waals surface area contributed by atoms with Crippen LogP contribution in [0.15, 0.2) is 30.5 Å². The summed E-state index contributed by atoms with van der Waals surface area (Å²) in [5.74, 6) is 0.644. The Labute approximate surface area is 112 Å². The van der Waals surface area contributed by atoms with Gasteiger partial charge in [0.25, 0.3) is 0 Å². The van der Waals surface area contributed by atoms with Crippen molar-refractivity contribution < 1.29 is 4.74 Å². The van der Waals surface area contributed by atoms with E-state index in [9.17, 15) is 0 Å². The Balaban J connectivity index is 2.24. The largest absolute Gasteiger partial charge is 0.383 e. The van der Waals surface area contributed by atoms with Crippen molar-refractivity contribution in [1.29, 1.82) is 5.26 Å². The molecule has 0 aliphatic carbocycles. The third-order valence-electron chi connectivity index (χ3n) is 2.82. The summed E-state index contributed by atoms with van der Waals surface area (Å²) in [5, 5.41) is 9.72. The first-order chi connectivity index (χ1) is 9.35. The zero-order valence-corrected chi connectivity index (χ0v) is 10.9. The standard InChI is InChI=1S/C14H16N4O/c1-19-10-9-18(8-4-7-15)14-16-11-12-5-2-3-6-13(12)17-14/h2-3,5-6,11H,4,8-10H2,1H3. The minimum Gasteiger partial charge on any atom is -0.383 e. The summed E-state index contributed by atoms with van der Waals surface area (Å²) in [4.78, 5) is 10.9. The van der Waals surface area contributed by atoms with Gasteiger partial charge in [-0.1, -0.05) is 18.2 Å². The van der Waals surface area contributed by atoms with Crippen molar-refractivity contribution in [2.45, 2.75) is 6.42 Å². The van der Waals surface area contributed by atoms with E-state index < -0.39 is 0 Å². The highest BCUT2D eigenvalue weighted by Gasteiger charge is 2.09. The monoisotopic (exact) mass is 256 g/mol. The topological polar surface area (TPSA) is 62.0 Å². The summed E-state index contributed by atoms with van der Waals surface area (Å²) in [6.07, 6.45) is 2.25. The molecule has 0 unspecified atom stereocenters. The molecule has 2 rings (SSSR count). The third-order valence-corrected chi connectivity index (χ3v) is 2.82. The van der Waals surface area contributed by atoms with Gasteiger partial charge >= 0.3 is 0 Å². The molecule has 0 aliphatic heterocycles. The van der Waals surface area contributed by atoms with E-state index >= 15 is 0 Å². The van der Waals surface area contributed by atoms with E-state index in [4.69, 9.17) is 10.00 Å². The van der Waals surface area contributed by atoms with Crippen LogP contribution < -0.4 is 4.90 Å². The second-order valence-corrected chi connectivity index (χ2v) is 4.12. The molecule has 5 heteroatoms. The lowest BCUT2D eigenvalue weighted by Crippen LogP contribution is -2.29. The first-order valence-electron chi connectivity index (χ1n) is 6.18. The molecule has 0 amide bonds. The van der Waals surface area contributed by atoms with Gasteiger partial charge in [0.15, 0.2) is 0 Å². The highest BCUT2D eigenvalue weighted by molar-refractivity contribution is 5.78. The van der Waals surface area contributed by atoms with Crippen LogP contribution in [0.3, 0.4) is 0 Å². The molecular formula is C14H16N4O. The molecule has 0 spiro atoms. The van der Waals surface area contributed by atoms with E-state index in [1.54, 1.807) is 7.11 Å². The zero-order chi connectivity index (χ0) is 13.5. The van der Waals surface area contributed by atoms with Crippen LogP contribution in [0.5, 0.6) is 0 Å². The molecule has 0 saturated heterocycles. The second-order valence-electron chi connectivity index (χ2n) is 4.12. The molecule has 1 aromatic heterocycles. The van der Waals surface area contributed by atoms with E-state index in [1.165, 1.54) is 0 Å². The smallest absolute Gasteiger partial charge is 0.225 e. The van der Waals surface area contributed by atoms with Crippen LogP contribution in [-0.4, -0.2) is 36.8 Å². The molecule has 0 atom stereocenters. The lowest BCUT2D eigenvalue weighted by atomic mass is 10.2. The number of nitrogens with zero attached hydrogens (tertiary/aromatic N) is 4. The van der Waals surface area contributed by atoms with Crippen molar-refractivity contribution in [3.63, 3.8) is 0 Å². The van der Waals surface area contributed by atoms with Crippen LogP contribution in [0.25, 0.3) is 10.9 Å². The summed E-state index contributed by atoms with van der Waals surface area (Å²) in [6, 6.07) is 10.00. The molecule has 0 saturated carbocycles. The Morgan fingerprint density at radius 3 is 2.95 bits per heavy atom. The summed E-state index contributed by atoms with van der Waals surface area (Å²) in [7, 11) is 1.66. The predicted octanol–water partition coefficient (Wildman–Crippen LogP) is 2.00. The van der Waals surface area contributed by atoms with Gasteiger partial charge in [-0.05, 0) is 6.07 Å². The number of hydrogen-bond acceptors (Lipinski definition) is 5. The molecule has 5 nitrogen and oxygen atoms in total. The Kier molecular flexibility index (Phi) is 4.65. The van der Waals surface area contributed by atoms with Crippen molar-refractivity contribution in [2.75, 3.05) is 31.7 Å². The van der Waals surface area contributed by atoms with E-state index in [1.807, 2.05) is 35.4 Å². The van der Waals surface area contributed by atoms with E-state index in [0.717, 1.165) is 10.9 Å². The maximum atomic E-state index is 8.71. The van der Waals surface area contributed by atoms with Gasteiger partial charge in [0.05, 0.1) is 24.6 Å². The van der Waals surface area contributed by atoms with Crippen LogP contribution in [0.4, 0.5) is 5.95 Å². The van der Waals surface area contributed by atoms with Gasteiger partial charge in [-0.25, -0.2) is 9.97 Å². The number of fused-ring (bicyclic) bond motifs is 1. The first-order valence-corrected chi connectivity index (χ1v) is 6.18. The van der Waals surface area contributed by atoms with Crippen molar-refractivity contribution >= 4 is 16.9 Å². The molecule has 0 radical (unpaired) electrons. The van der Waals surface area contributed by atoms with Crippen LogP contribution in [0.2, 0.25) is 0 Å². The fraction of sp³-hybridized carbons (Fsp3) is 0.357. The molecule has 98 valence electrons. The van der Waals surface area contributed by atoms with Crippen molar-refractivity contribution in [1.82, 2.24) is 9.97 Å². The maximum absolute atomic E-state index is 8.71. The molecule has 1 aromatic carbocycles. The van der Waals surface area contributed by atoms with Gasteiger partial charge in [-0.3, -0.25) is 0 Å².